The highest BCUT2D eigenvalue weighted by molar-refractivity contribution is 5.93. The van der Waals surface area contributed by atoms with E-state index in [1.165, 1.54) is 0 Å². The first-order valence-corrected chi connectivity index (χ1v) is 8.96. The van der Waals surface area contributed by atoms with Crippen LogP contribution >= 0.6 is 0 Å². The molecule has 144 valence electrons. The third-order valence-electron chi connectivity index (χ3n) is 4.90. The Balaban J connectivity index is 1.55. The molecule has 1 aliphatic rings. The summed E-state index contributed by atoms with van der Waals surface area (Å²) in [5, 5.41) is 18.9. The molecule has 0 spiro atoms. The van der Waals surface area contributed by atoms with Crippen LogP contribution in [0.3, 0.4) is 0 Å². The zero-order valence-corrected chi connectivity index (χ0v) is 15.4. The van der Waals surface area contributed by atoms with Crippen LogP contribution < -0.4 is 10.1 Å². The summed E-state index contributed by atoms with van der Waals surface area (Å²) in [4.78, 5) is 25.2. The summed E-state index contributed by atoms with van der Waals surface area (Å²) in [6, 6.07) is 9.44. The molecular weight excluding hydrogens is 348 g/mol. The van der Waals surface area contributed by atoms with Gasteiger partial charge in [0.25, 0.3) is 5.91 Å². The number of methoxy groups -OCH3 is 1. The lowest BCUT2D eigenvalue weighted by atomic mass is 9.85. The van der Waals surface area contributed by atoms with Gasteiger partial charge in [-0.25, -0.2) is 0 Å². The van der Waals surface area contributed by atoms with E-state index in [9.17, 15) is 9.59 Å². The zero-order chi connectivity index (χ0) is 19.4. The molecule has 0 bridgehead atoms. The SMILES string of the molecule is CCN(CC(=O)O)C1CC(NC(=O)c2cc(-c3cccc(OC)c3)n[nH]2)C1. The molecule has 1 amide bonds. The Morgan fingerprint density at radius 2 is 2.15 bits per heavy atom. The fraction of sp³-hybridized carbons (Fsp3) is 0.421. The number of H-pyrrole nitrogens is 1. The van der Waals surface area contributed by atoms with Gasteiger partial charge >= 0.3 is 5.97 Å². The van der Waals surface area contributed by atoms with Gasteiger partial charge < -0.3 is 15.2 Å². The van der Waals surface area contributed by atoms with Crippen molar-refractivity contribution < 1.29 is 19.4 Å². The molecule has 27 heavy (non-hydrogen) atoms. The summed E-state index contributed by atoms with van der Waals surface area (Å²) in [6.45, 7) is 2.66. The topological polar surface area (TPSA) is 108 Å². The lowest BCUT2D eigenvalue weighted by Crippen LogP contribution is -2.54. The second-order valence-electron chi connectivity index (χ2n) is 6.65. The van der Waals surface area contributed by atoms with Crippen LogP contribution in [0, 0.1) is 0 Å². The molecule has 1 aromatic heterocycles. The Bertz CT molecular complexity index is 814. The van der Waals surface area contributed by atoms with Crippen LogP contribution in [0.5, 0.6) is 5.75 Å². The predicted molar refractivity (Wildman–Crippen MR) is 99.7 cm³/mol. The molecular formula is C19H24N4O4. The Labute approximate surface area is 157 Å². The number of nitrogens with one attached hydrogen (secondary N) is 2. The fourth-order valence-electron chi connectivity index (χ4n) is 3.31. The van der Waals surface area contributed by atoms with Gasteiger partial charge in [0.1, 0.15) is 11.4 Å². The van der Waals surface area contributed by atoms with Gasteiger partial charge in [-0.05, 0) is 37.6 Å². The van der Waals surface area contributed by atoms with Crippen molar-refractivity contribution in [3.05, 3.63) is 36.0 Å². The Hall–Kier alpha value is -2.87. The minimum atomic E-state index is -0.827. The zero-order valence-electron chi connectivity index (χ0n) is 15.4. The van der Waals surface area contributed by atoms with E-state index < -0.39 is 5.97 Å². The molecule has 1 heterocycles. The molecule has 8 nitrogen and oxygen atoms in total. The minimum Gasteiger partial charge on any atom is -0.497 e. The highest BCUT2D eigenvalue weighted by Gasteiger charge is 2.35. The molecule has 3 rings (SSSR count). The Morgan fingerprint density at radius 1 is 1.37 bits per heavy atom. The highest BCUT2D eigenvalue weighted by atomic mass is 16.5. The standard InChI is InChI=1S/C19H24N4O4/c1-3-23(11-18(24)25)14-8-13(9-14)20-19(26)17-10-16(21-22-17)12-5-4-6-15(7-12)27-2/h4-7,10,13-14H,3,8-9,11H2,1-2H3,(H,20,26)(H,21,22)(H,24,25). The van der Waals surface area contributed by atoms with E-state index in [2.05, 4.69) is 15.5 Å². The molecule has 2 aromatic rings. The van der Waals surface area contributed by atoms with Gasteiger partial charge in [0.2, 0.25) is 0 Å². The number of nitrogens with zero attached hydrogens (tertiary/aromatic N) is 2. The quantitative estimate of drug-likeness (QED) is 0.652. The number of carbonyl (C=O) groups is 2. The van der Waals surface area contributed by atoms with E-state index in [0.29, 0.717) is 17.9 Å². The normalized spacial score (nSPS) is 18.8. The fourth-order valence-corrected chi connectivity index (χ4v) is 3.31. The molecule has 1 fully saturated rings. The van der Waals surface area contributed by atoms with Crippen molar-refractivity contribution in [2.45, 2.75) is 31.8 Å². The molecule has 0 radical (unpaired) electrons. The number of aromatic nitrogens is 2. The number of rotatable bonds is 8. The number of hydrogen-bond acceptors (Lipinski definition) is 5. The summed E-state index contributed by atoms with van der Waals surface area (Å²) in [5.41, 5.74) is 1.93. The van der Waals surface area contributed by atoms with Crippen molar-refractivity contribution in [1.29, 1.82) is 0 Å². The van der Waals surface area contributed by atoms with Gasteiger partial charge in [-0.15, -0.1) is 0 Å². The average Bonchev–Trinajstić information content (AvgIpc) is 3.12. The molecule has 1 saturated carbocycles. The number of likely N-dealkylation sites (N-methyl/N-ethyl adjacent to an activating group) is 1. The van der Waals surface area contributed by atoms with Gasteiger partial charge in [-0.1, -0.05) is 19.1 Å². The summed E-state index contributed by atoms with van der Waals surface area (Å²) in [5.74, 6) is -0.308. The number of carboxylic acid groups (broad SMARTS) is 1. The van der Waals surface area contributed by atoms with E-state index in [4.69, 9.17) is 9.84 Å². The van der Waals surface area contributed by atoms with Crippen LogP contribution in [0.15, 0.2) is 30.3 Å². The Kier molecular flexibility index (Phi) is 5.75. The molecule has 0 atom stereocenters. The number of aromatic amines is 1. The maximum atomic E-state index is 12.4. The smallest absolute Gasteiger partial charge is 0.317 e. The van der Waals surface area contributed by atoms with Crippen molar-refractivity contribution in [1.82, 2.24) is 20.4 Å². The first kappa shape index (κ1) is 18.9. The van der Waals surface area contributed by atoms with Crippen LogP contribution in [-0.4, -0.2) is 64.4 Å². The average molecular weight is 372 g/mol. The van der Waals surface area contributed by atoms with Crippen molar-refractivity contribution in [2.24, 2.45) is 0 Å². The van der Waals surface area contributed by atoms with Gasteiger partial charge in [0.15, 0.2) is 0 Å². The molecule has 8 heteroatoms. The molecule has 1 aliphatic carbocycles. The third-order valence-corrected chi connectivity index (χ3v) is 4.90. The van der Waals surface area contributed by atoms with E-state index in [1.807, 2.05) is 36.1 Å². The molecule has 3 N–H and O–H groups in total. The van der Waals surface area contributed by atoms with Crippen molar-refractivity contribution in [2.75, 3.05) is 20.2 Å². The molecule has 0 saturated heterocycles. The summed E-state index contributed by atoms with van der Waals surface area (Å²) < 4.78 is 5.21. The van der Waals surface area contributed by atoms with Crippen LogP contribution in [-0.2, 0) is 4.79 Å². The highest BCUT2D eigenvalue weighted by Crippen LogP contribution is 2.26. The number of hydrogen-bond donors (Lipinski definition) is 3. The van der Waals surface area contributed by atoms with Gasteiger partial charge in [0, 0.05) is 17.6 Å². The first-order valence-electron chi connectivity index (χ1n) is 8.96. The number of carbonyl (C=O) groups excluding carboxylic acids is 1. The van der Waals surface area contributed by atoms with E-state index in [-0.39, 0.29) is 24.5 Å². The number of carboxylic acids is 1. The summed E-state index contributed by atoms with van der Waals surface area (Å²) in [6.07, 6.45) is 1.51. The van der Waals surface area contributed by atoms with Crippen LogP contribution in [0.2, 0.25) is 0 Å². The van der Waals surface area contributed by atoms with Crippen LogP contribution in [0.4, 0.5) is 0 Å². The third kappa shape index (κ3) is 4.46. The minimum absolute atomic E-state index is 0.0340. The number of aliphatic carboxylic acids is 1. The van der Waals surface area contributed by atoms with E-state index >= 15 is 0 Å². The predicted octanol–water partition coefficient (Wildman–Crippen LogP) is 1.75. The second kappa shape index (κ2) is 8.22. The monoisotopic (exact) mass is 372 g/mol. The largest absolute Gasteiger partial charge is 0.497 e. The van der Waals surface area contributed by atoms with Crippen molar-refractivity contribution >= 4 is 11.9 Å². The number of ether oxygens (including phenoxy) is 1. The van der Waals surface area contributed by atoms with Crippen molar-refractivity contribution in [3.63, 3.8) is 0 Å². The number of amides is 1. The second-order valence-corrected chi connectivity index (χ2v) is 6.65. The van der Waals surface area contributed by atoms with Crippen LogP contribution in [0.1, 0.15) is 30.3 Å². The van der Waals surface area contributed by atoms with Crippen molar-refractivity contribution in [3.8, 4) is 17.0 Å². The molecule has 0 unspecified atom stereocenters. The maximum absolute atomic E-state index is 12.4. The van der Waals surface area contributed by atoms with E-state index in [0.717, 1.165) is 24.2 Å². The van der Waals surface area contributed by atoms with Crippen LogP contribution in [0.25, 0.3) is 11.3 Å². The summed E-state index contributed by atoms with van der Waals surface area (Å²) in [7, 11) is 1.60. The number of benzene rings is 1. The Morgan fingerprint density at radius 3 is 2.81 bits per heavy atom. The molecule has 0 aliphatic heterocycles. The van der Waals surface area contributed by atoms with Gasteiger partial charge in [-0.2, -0.15) is 5.10 Å². The lowest BCUT2D eigenvalue weighted by molar-refractivity contribution is -0.139. The molecule has 1 aromatic carbocycles. The first-order chi connectivity index (χ1) is 13.0. The van der Waals surface area contributed by atoms with Gasteiger partial charge in [0.05, 0.1) is 19.3 Å². The van der Waals surface area contributed by atoms with Gasteiger partial charge in [-0.3, -0.25) is 19.6 Å². The maximum Gasteiger partial charge on any atom is 0.317 e. The van der Waals surface area contributed by atoms with E-state index in [1.54, 1.807) is 13.2 Å². The lowest BCUT2D eigenvalue weighted by Gasteiger charge is -2.42. The summed E-state index contributed by atoms with van der Waals surface area (Å²) >= 11 is 0.